The number of rotatable bonds is 8. The van der Waals surface area contributed by atoms with Crippen LogP contribution in [-0.2, 0) is 11.8 Å². The van der Waals surface area contributed by atoms with E-state index in [4.69, 9.17) is 9.84 Å². The molecule has 0 unspecified atom stereocenters. The number of methoxy groups -OCH3 is 1. The van der Waals surface area contributed by atoms with Crippen molar-refractivity contribution in [3.05, 3.63) is 83.7 Å². The van der Waals surface area contributed by atoms with E-state index in [-0.39, 0.29) is 30.1 Å². The third kappa shape index (κ3) is 5.18. The topological polar surface area (TPSA) is 89.2 Å². The first kappa shape index (κ1) is 28.0. The van der Waals surface area contributed by atoms with E-state index in [2.05, 4.69) is 20.6 Å². The average molecular weight is 576 g/mol. The number of para-hydroxylation sites is 1. The fraction of sp³-hybridized carbons (Fsp3) is 0.387. The third-order valence-corrected chi connectivity index (χ3v) is 8.58. The number of amides is 2. The van der Waals surface area contributed by atoms with Gasteiger partial charge in [-0.3, -0.25) is 14.9 Å². The van der Waals surface area contributed by atoms with Crippen LogP contribution in [0.2, 0.25) is 0 Å². The molecule has 9 nitrogen and oxygen atoms in total. The molecule has 2 aliphatic heterocycles. The van der Waals surface area contributed by atoms with Crippen molar-refractivity contribution >= 4 is 11.8 Å². The van der Waals surface area contributed by atoms with E-state index in [0.717, 1.165) is 36.1 Å². The second kappa shape index (κ2) is 11.7. The zero-order chi connectivity index (χ0) is 29.4. The van der Waals surface area contributed by atoms with Gasteiger partial charge >= 0.3 is 6.03 Å². The maximum atomic E-state index is 14.4. The van der Waals surface area contributed by atoms with Crippen LogP contribution in [0, 0.1) is 18.6 Å². The van der Waals surface area contributed by atoms with Crippen molar-refractivity contribution in [3.8, 4) is 16.9 Å². The standard InChI is InChI=1S/C31H35F2N7O2/c1-19-28(21-17-34-38(2)18-21)37-40(22-8-5-4-6-9-22)30(19)36-31(41)35-29-26-11-7-10-25(39(26)14-15-42-3)27(29)20-12-13-23(32)24(33)16-20/h4-6,8-9,12-13,16-18,25-27,29H,7,10-11,14-15H2,1-3H3,(H2,35,36,41)/t25-,26+,27+,29+/m0/s1. The molecule has 2 amide bonds. The molecule has 4 heterocycles. The molecule has 2 bridgehead atoms. The van der Waals surface area contributed by atoms with Crippen LogP contribution < -0.4 is 10.6 Å². The normalized spacial score (nSPS) is 21.9. The molecule has 4 aromatic rings. The largest absolute Gasteiger partial charge is 0.383 e. The quantitative estimate of drug-likeness (QED) is 0.308. The number of aryl methyl sites for hydroxylation is 1. The molecule has 2 aromatic heterocycles. The lowest BCUT2D eigenvalue weighted by molar-refractivity contribution is 0.0854. The SMILES string of the molecule is COCCN1[C@@H]2CCC[C@H]1[C@@H](c1ccc(F)c(F)c1)[C@@H]2NC(=O)Nc1c(C)c(-c2cnn(C)c2)nn1-c1ccccc1. The first-order valence-electron chi connectivity index (χ1n) is 14.3. The van der Waals surface area contributed by atoms with Gasteiger partial charge in [0.25, 0.3) is 0 Å². The van der Waals surface area contributed by atoms with Gasteiger partial charge in [0.2, 0.25) is 0 Å². The number of nitrogens with zero attached hydrogens (tertiary/aromatic N) is 5. The van der Waals surface area contributed by atoms with Gasteiger partial charge < -0.3 is 10.1 Å². The number of hydrogen-bond donors (Lipinski definition) is 2. The monoisotopic (exact) mass is 575 g/mol. The number of anilines is 1. The van der Waals surface area contributed by atoms with E-state index in [1.54, 1.807) is 28.7 Å². The number of carbonyl (C=O) groups excluding carboxylic acids is 1. The van der Waals surface area contributed by atoms with Crippen LogP contribution in [0.4, 0.5) is 19.4 Å². The number of carbonyl (C=O) groups is 1. The molecule has 220 valence electrons. The van der Waals surface area contributed by atoms with Gasteiger partial charge in [0.1, 0.15) is 11.5 Å². The summed E-state index contributed by atoms with van der Waals surface area (Å²) in [6.07, 6.45) is 6.41. The summed E-state index contributed by atoms with van der Waals surface area (Å²) in [4.78, 5) is 16.2. The summed E-state index contributed by atoms with van der Waals surface area (Å²) < 4.78 is 37.1. The van der Waals surface area contributed by atoms with E-state index < -0.39 is 11.6 Å². The predicted octanol–water partition coefficient (Wildman–Crippen LogP) is 5.02. The van der Waals surface area contributed by atoms with Crippen molar-refractivity contribution < 1.29 is 18.3 Å². The molecule has 2 fully saturated rings. The Balaban J connectivity index is 1.33. The lowest BCUT2D eigenvalue weighted by Gasteiger charge is -2.35. The second-order valence-corrected chi connectivity index (χ2v) is 11.1. The molecule has 0 saturated carbocycles. The van der Waals surface area contributed by atoms with Crippen molar-refractivity contribution in [3.63, 3.8) is 0 Å². The van der Waals surface area contributed by atoms with Crippen LogP contribution in [0.3, 0.4) is 0 Å². The minimum Gasteiger partial charge on any atom is -0.383 e. The summed E-state index contributed by atoms with van der Waals surface area (Å²) in [5, 5.41) is 15.5. The van der Waals surface area contributed by atoms with Crippen molar-refractivity contribution in [2.24, 2.45) is 7.05 Å². The number of benzene rings is 2. The molecule has 0 spiro atoms. The van der Waals surface area contributed by atoms with Gasteiger partial charge in [-0.05, 0) is 49.6 Å². The molecule has 2 saturated heterocycles. The van der Waals surface area contributed by atoms with Crippen LogP contribution in [-0.4, -0.2) is 68.9 Å². The highest BCUT2D eigenvalue weighted by Crippen LogP contribution is 2.45. The molecule has 11 heteroatoms. The molecule has 0 radical (unpaired) electrons. The molecule has 2 aromatic carbocycles. The summed E-state index contributed by atoms with van der Waals surface area (Å²) in [7, 11) is 3.51. The van der Waals surface area contributed by atoms with Crippen LogP contribution in [0.1, 0.15) is 36.3 Å². The fourth-order valence-corrected chi connectivity index (χ4v) is 6.74. The number of urea groups is 1. The molecule has 0 aliphatic carbocycles. The Morgan fingerprint density at radius 1 is 1.10 bits per heavy atom. The van der Waals surface area contributed by atoms with E-state index in [0.29, 0.717) is 30.2 Å². The molecular formula is C31H35F2N7O2. The van der Waals surface area contributed by atoms with Crippen molar-refractivity contribution in [1.82, 2.24) is 29.8 Å². The Hall–Kier alpha value is -4.09. The van der Waals surface area contributed by atoms with Gasteiger partial charge in [0, 0.05) is 56.0 Å². The van der Waals surface area contributed by atoms with E-state index in [1.807, 2.05) is 50.5 Å². The fourth-order valence-electron chi connectivity index (χ4n) is 6.74. The molecule has 4 atom stereocenters. The van der Waals surface area contributed by atoms with Gasteiger partial charge in [-0.25, -0.2) is 18.3 Å². The summed E-state index contributed by atoms with van der Waals surface area (Å²) in [5.41, 5.74) is 3.83. The van der Waals surface area contributed by atoms with Crippen LogP contribution in [0.25, 0.3) is 16.9 Å². The van der Waals surface area contributed by atoms with E-state index in [1.165, 1.54) is 12.1 Å². The van der Waals surface area contributed by atoms with Gasteiger partial charge in [0.15, 0.2) is 11.6 Å². The Kier molecular flexibility index (Phi) is 7.78. The third-order valence-electron chi connectivity index (χ3n) is 8.58. The average Bonchev–Trinajstić information content (AvgIpc) is 3.60. The maximum absolute atomic E-state index is 14.4. The number of piperidine rings is 1. The smallest absolute Gasteiger partial charge is 0.320 e. The Morgan fingerprint density at radius 3 is 2.60 bits per heavy atom. The van der Waals surface area contributed by atoms with Crippen LogP contribution in [0.5, 0.6) is 0 Å². The van der Waals surface area contributed by atoms with E-state index in [9.17, 15) is 13.6 Å². The van der Waals surface area contributed by atoms with E-state index >= 15 is 0 Å². The summed E-state index contributed by atoms with van der Waals surface area (Å²) >= 11 is 0. The summed E-state index contributed by atoms with van der Waals surface area (Å²) in [5.74, 6) is -1.43. The number of aromatic nitrogens is 4. The zero-order valence-electron chi connectivity index (χ0n) is 23.9. The number of hydrogen-bond acceptors (Lipinski definition) is 5. The predicted molar refractivity (Wildman–Crippen MR) is 156 cm³/mol. The van der Waals surface area contributed by atoms with Gasteiger partial charge in [-0.2, -0.15) is 10.2 Å². The van der Waals surface area contributed by atoms with Crippen molar-refractivity contribution in [1.29, 1.82) is 0 Å². The minimum atomic E-state index is -0.883. The molecule has 42 heavy (non-hydrogen) atoms. The number of halogens is 2. The summed E-state index contributed by atoms with van der Waals surface area (Å²) in [6.45, 7) is 3.16. The Labute approximate surface area is 243 Å². The number of ether oxygens (including phenoxy) is 1. The van der Waals surface area contributed by atoms with Crippen LogP contribution in [0.15, 0.2) is 60.9 Å². The minimum absolute atomic E-state index is 0.0360. The van der Waals surface area contributed by atoms with Crippen molar-refractivity contribution in [2.75, 3.05) is 25.6 Å². The first-order chi connectivity index (χ1) is 20.4. The number of nitrogens with one attached hydrogen (secondary N) is 2. The Morgan fingerprint density at radius 2 is 1.88 bits per heavy atom. The second-order valence-electron chi connectivity index (χ2n) is 11.1. The van der Waals surface area contributed by atoms with Gasteiger partial charge in [-0.1, -0.05) is 30.7 Å². The van der Waals surface area contributed by atoms with Crippen molar-refractivity contribution in [2.45, 2.75) is 50.2 Å². The zero-order valence-corrected chi connectivity index (χ0v) is 23.9. The lowest BCUT2D eigenvalue weighted by Crippen LogP contribution is -2.49. The molecule has 2 aliphatic rings. The summed E-state index contributed by atoms with van der Waals surface area (Å²) in [6, 6.07) is 13.1. The molecule has 6 rings (SSSR count). The lowest BCUT2D eigenvalue weighted by atomic mass is 9.87. The number of fused-ring (bicyclic) bond motifs is 2. The van der Waals surface area contributed by atoms with Gasteiger partial charge in [0.05, 0.1) is 24.5 Å². The highest BCUT2D eigenvalue weighted by Gasteiger charge is 2.51. The first-order valence-corrected chi connectivity index (χ1v) is 14.3. The van der Waals surface area contributed by atoms with Crippen LogP contribution >= 0.6 is 0 Å². The highest BCUT2D eigenvalue weighted by molar-refractivity contribution is 5.91. The molecular weight excluding hydrogens is 540 g/mol. The molecule has 2 N–H and O–H groups in total. The maximum Gasteiger partial charge on any atom is 0.320 e. The van der Waals surface area contributed by atoms with Gasteiger partial charge in [-0.15, -0.1) is 0 Å². The Bertz CT molecular complexity index is 1570. The highest BCUT2D eigenvalue weighted by atomic mass is 19.2.